The molecule has 0 aromatic carbocycles. The Bertz CT molecular complexity index is 391. The lowest BCUT2D eigenvalue weighted by Crippen LogP contribution is -2.37. The normalized spacial score (nSPS) is 31.8. The number of carbonyl (C=O) groups excluding carboxylic acids is 1. The zero-order valence-electron chi connectivity index (χ0n) is 14.7. The lowest BCUT2D eigenvalue weighted by atomic mass is 9.78. The highest BCUT2D eigenvalue weighted by Crippen LogP contribution is 2.33. The molecule has 1 amide bonds. The van der Waals surface area contributed by atoms with Crippen molar-refractivity contribution in [2.75, 3.05) is 6.54 Å². The lowest BCUT2D eigenvalue weighted by Gasteiger charge is -2.30. The van der Waals surface area contributed by atoms with Gasteiger partial charge in [-0.1, -0.05) is 13.8 Å². The number of carboxylic acid groups (broad SMARTS) is 1. The van der Waals surface area contributed by atoms with Gasteiger partial charge in [-0.3, -0.25) is 9.59 Å². The van der Waals surface area contributed by atoms with Crippen LogP contribution in [0.2, 0.25) is 0 Å². The Morgan fingerprint density at radius 1 is 0.913 bits per heavy atom. The summed E-state index contributed by atoms with van der Waals surface area (Å²) in [4.78, 5) is 23.3. The van der Waals surface area contributed by atoms with E-state index in [-0.39, 0.29) is 17.7 Å². The van der Waals surface area contributed by atoms with E-state index < -0.39 is 5.97 Å². The Kier molecular flexibility index (Phi) is 6.91. The molecule has 0 spiro atoms. The third-order valence-corrected chi connectivity index (χ3v) is 5.78. The summed E-state index contributed by atoms with van der Waals surface area (Å²) in [7, 11) is 0. The molecule has 2 N–H and O–H groups in total. The fourth-order valence-corrected chi connectivity index (χ4v) is 4.33. The Balaban J connectivity index is 1.63. The quantitative estimate of drug-likeness (QED) is 0.780. The van der Waals surface area contributed by atoms with E-state index in [0.29, 0.717) is 5.92 Å². The molecular formula is C19H33NO3. The Morgan fingerprint density at radius 3 is 1.96 bits per heavy atom. The van der Waals surface area contributed by atoms with Crippen molar-refractivity contribution < 1.29 is 14.7 Å². The molecule has 4 nitrogen and oxygen atoms in total. The van der Waals surface area contributed by atoms with Crippen LogP contribution in [0.3, 0.4) is 0 Å². The second-order valence-electron chi connectivity index (χ2n) is 8.15. The molecule has 0 aromatic heterocycles. The maximum atomic E-state index is 12.3. The van der Waals surface area contributed by atoms with Crippen LogP contribution in [0, 0.1) is 29.6 Å². The molecule has 2 aliphatic carbocycles. The van der Waals surface area contributed by atoms with E-state index in [2.05, 4.69) is 19.2 Å². The van der Waals surface area contributed by atoms with Gasteiger partial charge < -0.3 is 10.4 Å². The minimum Gasteiger partial charge on any atom is -0.481 e. The molecule has 2 fully saturated rings. The van der Waals surface area contributed by atoms with E-state index in [4.69, 9.17) is 5.11 Å². The molecule has 0 bridgehead atoms. The molecule has 2 aliphatic rings. The van der Waals surface area contributed by atoms with Gasteiger partial charge in [0.2, 0.25) is 5.91 Å². The molecule has 0 heterocycles. The summed E-state index contributed by atoms with van der Waals surface area (Å²) in [6, 6.07) is 0. The van der Waals surface area contributed by atoms with Crippen molar-refractivity contribution in [3.05, 3.63) is 0 Å². The summed E-state index contributed by atoms with van der Waals surface area (Å²) in [5.41, 5.74) is 0. The summed E-state index contributed by atoms with van der Waals surface area (Å²) in [6.45, 7) is 5.28. The zero-order valence-corrected chi connectivity index (χ0v) is 14.7. The largest absolute Gasteiger partial charge is 0.481 e. The van der Waals surface area contributed by atoms with Crippen LogP contribution in [0.5, 0.6) is 0 Å². The molecular weight excluding hydrogens is 290 g/mol. The minimum absolute atomic E-state index is 0.168. The molecule has 2 saturated carbocycles. The average Bonchev–Trinajstić information content (AvgIpc) is 2.53. The number of hydrogen-bond acceptors (Lipinski definition) is 2. The first-order valence-electron chi connectivity index (χ1n) is 9.46. The summed E-state index contributed by atoms with van der Waals surface area (Å²) in [5.74, 6) is 1.63. The van der Waals surface area contributed by atoms with Crippen LogP contribution in [0.4, 0.5) is 0 Å². The topological polar surface area (TPSA) is 66.4 Å². The van der Waals surface area contributed by atoms with Gasteiger partial charge in [-0.15, -0.1) is 0 Å². The van der Waals surface area contributed by atoms with Gasteiger partial charge in [-0.05, 0) is 75.5 Å². The molecule has 0 atom stereocenters. The Labute approximate surface area is 140 Å². The number of rotatable bonds is 6. The molecule has 23 heavy (non-hydrogen) atoms. The van der Waals surface area contributed by atoms with Crippen LogP contribution in [0.1, 0.15) is 71.6 Å². The van der Waals surface area contributed by atoms with E-state index in [1.165, 1.54) is 19.3 Å². The first kappa shape index (κ1) is 18.3. The second-order valence-corrected chi connectivity index (χ2v) is 8.15. The smallest absolute Gasteiger partial charge is 0.306 e. The third kappa shape index (κ3) is 5.82. The molecule has 132 valence electrons. The predicted molar refractivity (Wildman–Crippen MR) is 91.0 cm³/mol. The summed E-state index contributed by atoms with van der Waals surface area (Å²) >= 11 is 0. The van der Waals surface area contributed by atoms with Crippen molar-refractivity contribution in [1.29, 1.82) is 0 Å². The van der Waals surface area contributed by atoms with Gasteiger partial charge in [-0.2, -0.15) is 0 Å². The van der Waals surface area contributed by atoms with E-state index in [1.54, 1.807) is 0 Å². The van der Waals surface area contributed by atoms with Gasteiger partial charge in [0.25, 0.3) is 0 Å². The van der Waals surface area contributed by atoms with Gasteiger partial charge in [0.05, 0.1) is 5.92 Å². The van der Waals surface area contributed by atoms with Gasteiger partial charge in [0.15, 0.2) is 0 Å². The number of carboxylic acids is 1. The predicted octanol–water partition coefficient (Wildman–Crippen LogP) is 3.85. The Morgan fingerprint density at radius 2 is 1.43 bits per heavy atom. The van der Waals surface area contributed by atoms with Crippen molar-refractivity contribution >= 4 is 11.9 Å². The van der Waals surface area contributed by atoms with Crippen LogP contribution in [0.25, 0.3) is 0 Å². The molecule has 2 rings (SSSR count). The summed E-state index contributed by atoms with van der Waals surface area (Å²) in [6.07, 6.45) is 9.13. The first-order chi connectivity index (χ1) is 11.0. The van der Waals surface area contributed by atoms with E-state index in [1.807, 2.05) is 0 Å². The van der Waals surface area contributed by atoms with Crippen molar-refractivity contribution in [3.8, 4) is 0 Å². The van der Waals surface area contributed by atoms with Crippen LogP contribution in [-0.2, 0) is 9.59 Å². The van der Waals surface area contributed by atoms with E-state index >= 15 is 0 Å². The SMILES string of the molecule is CC(C)C[C@H]1CC[C@H](C(=O)NC[C@H]2CC[C@H](C(=O)O)CC2)CC1. The van der Waals surface area contributed by atoms with Crippen molar-refractivity contribution in [3.63, 3.8) is 0 Å². The van der Waals surface area contributed by atoms with Crippen molar-refractivity contribution in [1.82, 2.24) is 5.32 Å². The standard InChI is InChI=1S/C19H33NO3/c1-13(2)11-14-3-7-16(8-4-14)18(21)20-12-15-5-9-17(10-6-15)19(22)23/h13-17H,3-12H2,1-2H3,(H,20,21)(H,22,23)/t14-,15-,16-,17-. The molecule has 0 radical (unpaired) electrons. The van der Waals surface area contributed by atoms with Gasteiger partial charge in [-0.25, -0.2) is 0 Å². The summed E-state index contributed by atoms with van der Waals surface area (Å²) < 4.78 is 0. The third-order valence-electron chi connectivity index (χ3n) is 5.78. The second kappa shape index (κ2) is 8.70. The van der Waals surface area contributed by atoms with Crippen molar-refractivity contribution in [2.45, 2.75) is 71.6 Å². The number of nitrogens with one attached hydrogen (secondary N) is 1. The van der Waals surface area contributed by atoms with E-state index in [9.17, 15) is 9.59 Å². The highest BCUT2D eigenvalue weighted by molar-refractivity contribution is 5.78. The van der Waals surface area contributed by atoms with Crippen molar-refractivity contribution in [2.24, 2.45) is 29.6 Å². The van der Waals surface area contributed by atoms with Gasteiger partial charge in [0.1, 0.15) is 0 Å². The molecule has 4 heteroatoms. The lowest BCUT2D eigenvalue weighted by molar-refractivity contribution is -0.143. The summed E-state index contributed by atoms with van der Waals surface area (Å²) in [5, 5.41) is 12.2. The Hall–Kier alpha value is -1.06. The maximum Gasteiger partial charge on any atom is 0.306 e. The van der Waals surface area contributed by atoms with Crippen LogP contribution in [0.15, 0.2) is 0 Å². The number of amides is 1. The molecule has 0 unspecified atom stereocenters. The number of aliphatic carboxylic acids is 1. The molecule has 0 aliphatic heterocycles. The van der Waals surface area contributed by atoms with Gasteiger partial charge in [0, 0.05) is 12.5 Å². The first-order valence-corrected chi connectivity index (χ1v) is 9.46. The molecule has 0 aromatic rings. The number of carbonyl (C=O) groups is 2. The minimum atomic E-state index is -0.661. The average molecular weight is 323 g/mol. The van der Waals surface area contributed by atoms with Crippen LogP contribution in [-0.4, -0.2) is 23.5 Å². The fourth-order valence-electron chi connectivity index (χ4n) is 4.33. The fraction of sp³-hybridized carbons (Fsp3) is 0.895. The highest BCUT2D eigenvalue weighted by Gasteiger charge is 2.29. The zero-order chi connectivity index (χ0) is 16.8. The molecule has 0 saturated heterocycles. The maximum absolute atomic E-state index is 12.3. The highest BCUT2D eigenvalue weighted by atomic mass is 16.4. The van der Waals surface area contributed by atoms with Crippen LogP contribution >= 0.6 is 0 Å². The van der Waals surface area contributed by atoms with Gasteiger partial charge >= 0.3 is 5.97 Å². The number of hydrogen-bond donors (Lipinski definition) is 2. The van der Waals surface area contributed by atoms with E-state index in [0.717, 1.165) is 56.9 Å². The van der Waals surface area contributed by atoms with Crippen LogP contribution < -0.4 is 5.32 Å². The monoisotopic (exact) mass is 323 g/mol.